The van der Waals surface area contributed by atoms with Crippen LogP contribution < -0.4 is 0 Å². The minimum absolute atomic E-state index is 0.170. The van der Waals surface area contributed by atoms with Gasteiger partial charge in [0.15, 0.2) is 0 Å². The van der Waals surface area contributed by atoms with Crippen LogP contribution in [0.2, 0.25) is 0 Å². The molecule has 1 aromatic heterocycles. The Morgan fingerprint density at radius 2 is 1.64 bits per heavy atom. The molecular formula is C42H54N4O7. The van der Waals surface area contributed by atoms with Gasteiger partial charge < -0.3 is 23.8 Å². The largest absolute Gasteiger partial charge is 0.466 e. The number of hydrogen-bond acceptors (Lipinski definition) is 9. The molecule has 0 fully saturated rings. The lowest BCUT2D eigenvalue weighted by Crippen LogP contribution is -2.40. The quantitative estimate of drug-likeness (QED) is 0.0812. The molecule has 4 aromatic rings. The number of fused-ring (bicyclic) bond motifs is 2. The fourth-order valence-corrected chi connectivity index (χ4v) is 6.73. The lowest BCUT2D eigenvalue weighted by molar-refractivity contribution is -0.143. The Kier molecular flexibility index (Phi) is 12.3. The van der Waals surface area contributed by atoms with Crippen LogP contribution in [-0.2, 0) is 49.9 Å². The summed E-state index contributed by atoms with van der Waals surface area (Å²) < 4.78 is 24.4. The highest BCUT2D eigenvalue weighted by Gasteiger charge is 2.29. The summed E-state index contributed by atoms with van der Waals surface area (Å²) in [5.41, 5.74) is 8.43. The maximum absolute atomic E-state index is 13.0. The number of rotatable bonds is 12. The number of ether oxygens (including phenoxy) is 4. The smallest absolute Gasteiger partial charge is 0.410 e. The molecule has 0 saturated heterocycles. The number of aromatic nitrogens is 3. The molecule has 284 valence electrons. The van der Waals surface area contributed by atoms with E-state index in [0.717, 1.165) is 57.3 Å². The van der Waals surface area contributed by atoms with Gasteiger partial charge in [0.1, 0.15) is 16.7 Å². The summed E-state index contributed by atoms with van der Waals surface area (Å²) >= 11 is 0. The lowest BCUT2D eigenvalue weighted by atomic mass is 9.82. The highest BCUT2D eigenvalue weighted by Crippen LogP contribution is 2.37. The molecule has 11 heteroatoms. The van der Waals surface area contributed by atoms with Crippen LogP contribution in [0.1, 0.15) is 117 Å². The molecular weight excluding hydrogens is 672 g/mol. The highest BCUT2D eigenvalue weighted by molar-refractivity contribution is 5.89. The van der Waals surface area contributed by atoms with E-state index in [1.165, 1.54) is 5.56 Å². The van der Waals surface area contributed by atoms with Crippen LogP contribution in [0.25, 0.3) is 11.0 Å². The van der Waals surface area contributed by atoms with Gasteiger partial charge in [-0.15, -0.1) is 5.10 Å². The number of esters is 2. The van der Waals surface area contributed by atoms with Gasteiger partial charge in [0.2, 0.25) is 0 Å². The first-order chi connectivity index (χ1) is 25.0. The second kappa shape index (κ2) is 16.5. The molecule has 0 aliphatic carbocycles. The Hall–Kier alpha value is -4.77. The lowest BCUT2D eigenvalue weighted by Gasteiger charge is -2.33. The molecule has 3 aromatic carbocycles. The van der Waals surface area contributed by atoms with Gasteiger partial charge in [-0.2, -0.15) is 0 Å². The van der Waals surface area contributed by atoms with E-state index >= 15 is 0 Å². The number of nitrogens with zero attached hydrogens (tertiary/aromatic N) is 4. The van der Waals surface area contributed by atoms with E-state index in [9.17, 15) is 14.4 Å². The van der Waals surface area contributed by atoms with Crippen molar-refractivity contribution in [2.45, 2.75) is 118 Å². The van der Waals surface area contributed by atoms with Crippen molar-refractivity contribution in [3.63, 3.8) is 0 Å². The third kappa shape index (κ3) is 10.2. The average molecular weight is 727 g/mol. The minimum atomic E-state index is -0.577. The predicted octanol–water partition coefficient (Wildman–Crippen LogP) is 7.99. The van der Waals surface area contributed by atoms with Crippen LogP contribution in [0.4, 0.5) is 4.79 Å². The molecule has 1 atom stereocenters. The molecule has 0 N–H and O–H groups in total. The van der Waals surface area contributed by atoms with E-state index in [0.29, 0.717) is 45.0 Å². The van der Waals surface area contributed by atoms with Gasteiger partial charge in [0.25, 0.3) is 0 Å². The van der Waals surface area contributed by atoms with Crippen LogP contribution in [0.15, 0.2) is 48.5 Å². The fraction of sp³-hybridized carbons (Fsp3) is 0.500. The van der Waals surface area contributed by atoms with Crippen LogP contribution in [-0.4, -0.2) is 68.9 Å². The molecule has 1 unspecified atom stereocenters. The van der Waals surface area contributed by atoms with Gasteiger partial charge >= 0.3 is 18.0 Å². The molecule has 5 rings (SSSR count). The number of benzene rings is 3. The summed E-state index contributed by atoms with van der Waals surface area (Å²) in [6, 6.07) is 15.7. The molecule has 53 heavy (non-hydrogen) atoms. The first-order valence-electron chi connectivity index (χ1n) is 18.5. The van der Waals surface area contributed by atoms with E-state index in [2.05, 4.69) is 35.4 Å². The third-order valence-corrected chi connectivity index (χ3v) is 9.18. The maximum Gasteiger partial charge on any atom is 0.410 e. The molecule has 11 nitrogen and oxygen atoms in total. The van der Waals surface area contributed by atoms with Crippen LogP contribution in [0.5, 0.6) is 0 Å². The average Bonchev–Trinajstić information content (AvgIpc) is 3.49. The van der Waals surface area contributed by atoms with Crippen molar-refractivity contribution >= 4 is 29.1 Å². The van der Waals surface area contributed by atoms with Gasteiger partial charge in [-0.25, -0.2) is 14.3 Å². The van der Waals surface area contributed by atoms with Crippen molar-refractivity contribution in [1.82, 2.24) is 19.9 Å². The monoisotopic (exact) mass is 726 g/mol. The normalized spacial score (nSPS) is 13.8. The zero-order chi connectivity index (χ0) is 38.5. The summed E-state index contributed by atoms with van der Waals surface area (Å²) in [6.07, 6.45) is 1.32. The standard InChI is InChI=1S/C42H54N4O7/c1-10-51-37(47)24-35(31-22-27(2)33-18-20-45(25-32(33)23-31)40(49)53-42(7,8)9)34-16-17-36-38(28(34)3)43-44-46(36)19-11-21-50-26-29-12-14-30(15-13-29)39(48)52-41(4,5)6/h12-17,22-23,35H,10-11,18-21,24-26H2,1-9H3. The van der Waals surface area contributed by atoms with Gasteiger partial charge in [0.05, 0.1) is 30.7 Å². The molecule has 1 amide bonds. The summed E-state index contributed by atoms with van der Waals surface area (Å²) in [5, 5.41) is 9.04. The molecule has 0 saturated carbocycles. The molecule has 0 spiro atoms. The van der Waals surface area contributed by atoms with E-state index in [1.807, 2.05) is 78.3 Å². The molecule has 1 aliphatic rings. The van der Waals surface area contributed by atoms with Crippen molar-refractivity contribution in [3.05, 3.63) is 93.0 Å². The summed E-state index contributed by atoms with van der Waals surface area (Å²) in [7, 11) is 0. The van der Waals surface area contributed by atoms with E-state index in [1.54, 1.807) is 17.0 Å². The van der Waals surface area contributed by atoms with E-state index in [-0.39, 0.29) is 30.4 Å². The van der Waals surface area contributed by atoms with Crippen LogP contribution >= 0.6 is 0 Å². The summed E-state index contributed by atoms with van der Waals surface area (Å²) in [4.78, 5) is 40.0. The van der Waals surface area contributed by atoms with E-state index in [4.69, 9.17) is 18.9 Å². The van der Waals surface area contributed by atoms with Gasteiger partial charge in [-0.05, 0) is 132 Å². The Bertz CT molecular complexity index is 1940. The fourth-order valence-electron chi connectivity index (χ4n) is 6.73. The second-order valence-electron chi connectivity index (χ2n) is 15.8. The number of carbonyl (C=O) groups is 3. The summed E-state index contributed by atoms with van der Waals surface area (Å²) in [6.45, 7) is 20.0. The maximum atomic E-state index is 13.0. The Morgan fingerprint density at radius 1 is 0.925 bits per heavy atom. The molecule has 0 bridgehead atoms. The first-order valence-corrected chi connectivity index (χ1v) is 18.5. The number of aryl methyl sites for hydroxylation is 3. The molecule has 1 aliphatic heterocycles. The van der Waals surface area contributed by atoms with Crippen molar-refractivity contribution in [2.24, 2.45) is 0 Å². The van der Waals surface area contributed by atoms with Gasteiger partial charge in [-0.3, -0.25) is 4.79 Å². The highest BCUT2D eigenvalue weighted by atomic mass is 16.6. The third-order valence-electron chi connectivity index (χ3n) is 9.18. The first kappa shape index (κ1) is 39.4. The van der Waals surface area contributed by atoms with Crippen molar-refractivity contribution < 1.29 is 33.3 Å². The van der Waals surface area contributed by atoms with Gasteiger partial charge in [-0.1, -0.05) is 35.5 Å². The predicted molar refractivity (Wildman–Crippen MR) is 203 cm³/mol. The Labute approximate surface area is 312 Å². The zero-order valence-electron chi connectivity index (χ0n) is 32.7. The molecule has 0 radical (unpaired) electrons. The van der Waals surface area contributed by atoms with Crippen molar-refractivity contribution in [2.75, 3.05) is 19.8 Å². The topological polar surface area (TPSA) is 122 Å². The second-order valence-corrected chi connectivity index (χ2v) is 15.8. The van der Waals surface area contributed by atoms with Crippen molar-refractivity contribution in [1.29, 1.82) is 0 Å². The SMILES string of the molecule is CCOC(=O)CC(c1cc(C)c2c(c1)CN(C(=O)OC(C)(C)C)CC2)c1ccc2c(nnn2CCCOCc2ccc(C(=O)OC(C)(C)C)cc2)c1C. The Morgan fingerprint density at radius 3 is 2.32 bits per heavy atom. The minimum Gasteiger partial charge on any atom is -0.466 e. The number of amides is 1. The van der Waals surface area contributed by atoms with Crippen LogP contribution in [0, 0.1) is 13.8 Å². The van der Waals surface area contributed by atoms with E-state index < -0.39 is 11.2 Å². The Balaban J connectivity index is 1.29. The molecule has 2 heterocycles. The van der Waals surface area contributed by atoms with Crippen molar-refractivity contribution in [3.8, 4) is 0 Å². The van der Waals surface area contributed by atoms with Crippen LogP contribution in [0.3, 0.4) is 0 Å². The summed E-state index contributed by atoms with van der Waals surface area (Å²) in [5.74, 6) is -0.898. The van der Waals surface area contributed by atoms with Gasteiger partial charge in [0, 0.05) is 32.2 Å². The number of carbonyl (C=O) groups excluding carboxylic acids is 3. The zero-order valence-corrected chi connectivity index (χ0v) is 32.7. The number of hydrogen-bond donors (Lipinski definition) is 0.